The van der Waals surface area contributed by atoms with Crippen molar-refractivity contribution in [3.8, 4) is 0 Å². The van der Waals surface area contributed by atoms with Gasteiger partial charge in [0, 0.05) is 6.42 Å². The first-order chi connectivity index (χ1) is 9.59. The van der Waals surface area contributed by atoms with E-state index in [1.54, 1.807) is 0 Å². The van der Waals surface area contributed by atoms with Crippen molar-refractivity contribution in [1.82, 2.24) is 9.97 Å². The minimum absolute atomic E-state index is 0.510. The van der Waals surface area contributed by atoms with Crippen molar-refractivity contribution in [3.05, 3.63) is 29.6 Å². The molecule has 1 saturated carbocycles. The molecule has 0 amide bonds. The van der Waals surface area contributed by atoms with Crippen LogP contribution in [0.5, 0.6) is 0 Å². The largest absolute Gasteiger partial charge is 0.481 e. The van der Waals surface area contributed by atoms with E-state index < -0.39 is 11.4 Å². The number of aliphatic carboxylic acids is 1. The Morgan fingerprint density at radius 1 is 1.35 bits per heavy atom. The van der Waals surface area contributed by atoms with Crippen LogP contribution in [0.25, 0.3) is 11.0 Å². The van der Waals surface area contributed by atoms with Crippen molar-refractivity contribution < 1.29 is 9.90 Å². The highest BCUT2D eigenvalue weighted by Gasteiger charge is 2.40. The highest BCUT2D eigenvalue weighted by atomic mass is 16.4. The standard InChI is InChI=1S/C16H20N2O2/c1-11-5-6-12-13(9-11)18-14(17-12)10-16(15(19)20)7-3-2-4-8-16/h5-6,9H,2-4,7-8,10H2,1H3,(H,17,18)(H,19,20). The highest BCUT2D eigenvalue weighted by Crippen LogP contribution is 2.39. The zero-order valence-electron chi connectivity index (χ0n) is 11.8. The maximum absolute atomic E-state index is 11.7. The third kappa shape index (κ3) is 2.30. The molecule has 106 valence electrons. The Morgan fingerprint density at radius 2 is 2.10 bits per heavy atom. The fourth-order valence-electron chi connectivity index (χ4n) is 3.28. The van der Waals surface area contributed by atoms with Crippen molar-refractivity contribution in [3.63, 3.8) is 0 Å². The first-order valence-electron chi connectivity index (χ1n) is 7.28. The molecule has 1 aromatic heterocycles. The topological polar surface area (TPSA) is 66.0 Å². The average molecular weight is 272 g/mol. The number of H-pyrrole nitrogens is 1. The molecule has 0 saturated heterocycles. The van der Waals surface area contributed by atoms with Gasteiger partial charge in [0.05, 0.1) is 16.4 Å². The Kier molecular flexibility index (Phi) is 3.24. The Balaban J connectivity index is 1.92. The molecule has 0 unspecified atom stereocenters. The van der Waals surface area contributed by atoms with Gasteiger partial charge in [0.25, 0.3) is 0 Å². The number of imidazole rings is 1. The molecule has 3 rings (SSSR count). The molecule has 1 aliphatic carbocycles. The predicted molar refractivity (Wildman–Crippen MR) is 77.7 cm³/mol. The van der Waals surface area contributed by atoms with Crippen molar-refractivity contribution in [2.75, 3.05) is 0 Å². The summed E-state index contributed by atoms with van der Waals surface area (Å²) in [6, 6.07) is 6.07. The molecule has 1 heterocycles. The van der Waals surface area contributed by atoms with Crippen LogP contribution in [0.3, 0.4) is 0 Å². The van der Waals surface area contributed by atoms with Gasteiger partial charge < -0.3 is 10.1 Å². The predicted octanol–water partition coefficient (Wildman–Crippen LogP) is 3.45. The molecule has 1 fully saturated rings. The van der Waals surface area contributed by atoms with E-state index >= 15 is 0 Å². The van der Waals surface area contributed by atoms with Gasteiger partial charge in [0.15, 0.2) is 0 Å². The summed E-state index contributed by atoms with van der Waals surface area (Å²) in [7, 11) is 0. The molecule has 0 aliphatic heterocycles. The summed E-state index contributed by atoms with van der Waals surface area (Å²) >= 11 is 0. The second-order valence-corrected chi connectivity index (χ2v) is 6.03. The molecule has 4 nitrogen and oxygen atoms in total. The van der Waals surface area contributed by atoms with E-state index in [1.165, 1.54) is 5.56 Å². The monoisotopic (exact) mass is 272 g/mol. The van der Waals surface area contributed by atoms with E-state index in [-0.39, 0.29) is 0 Å². The first kappa shape index (κ1) is 13.2. The number of aromatic nitrogens is 2. The number of fused-ring (bicyclic) bond motifs is 1. The molecule has 20 heavy (non-hydrogen) atoms. The highest BCUT2D eigenvalue weighted by molar-refractivity contribution is 5.77. The summed E-state index contributed by atoms with van der Waals surface area (Å²) in [5.41, 5.74) is 2.47. The van der Waals surface area contributed by atoms with E-state index in [0.29, 0.717) is 6.42 Å². The van der Waals surface area contributed by atoms with Gasteiger partial charge in [0.2, 0.25) is 0 Å². The first-order valence-corrected chi connectivity index (χ1v) is 7.28. The number of carboxylic acid groups (broad SMARTS) is 1. The lowest BCUT2D eigenvalue weighted by Crippen LogP contribution is -2.35. The van der Waals surface area contributed by atoms with Gasteiger partial charge >= 0.3 is 5.97 Å². The van der Waals surface area contributed by atoms with E-state index in [2.05, 4.69) is 16.0 Å². The Labute approximate surface area is 118 Å². The summed E-state index contributed by atoms with van der Waals surface area (Å²) in [6.07, 6.45) is 5.19. The fraction of sp³-hybridized carbons (Fsp3) is 0.500. The Morgan fingerprint density at radius 3 is 2.80 bits per heavy atom. The van der Waals surface area contributed by atoms with Crippen LogP contribution in [0.15, 0.2) is 18.2 Å². The number of rotatable bonds is 3. The van der Waals surface area contributed by atoms with Crippen LogP contribution in [0, 0.1) is 12.3 Å². The summed E-state index contributed by atoms with van der Waals surface area (Å²) < 4.78 is 0. The number of nitrogens with one attached hydrogen (secondary N) is 1. The minimum Gasteiger partial charge on any atom is -0.481 e. The number of aryl methyl sites for hydroxylation is 1. The van der Waals surface area contributed by atoms with Crippen LogP contribution < -0.4 is 0 Å². The maximum atomic E-state index is 11.7. The lowest BCUT2D eigenvalue weighted by molar-refractivity contribution is -0.151. The molecule has 2 aromatic rings. The Bertz CT molecular complexity index is 639. The smallest absolute Gasteiger partial charge is 0.310 e. The quantitative estimate of drug-likeness (QED) is 0.899. The summed E-state index contributed by atoms with van der Waals surface area (Å²) in [5, 5.41) is 9.63. The molecule has 1 aliphatic rings. The third-order valence-corrected chi connectivity index (χ3v) is 4.46. The van der Waals surface area contributed by atoms with Crippen LogP contribution >= 0.6 is 0 Å². The zero-order chi connectivity index (χ0) is 14.2. The number of carbonyl (C=O) groups is 1. The van der Waals surface area contributed by atoms with E-state index in [9.17, 15) is 9.90 Å². The fourth-order valence-corrected chi connectivity index (χ4v) is 3.28. The van der Waals surface area contributed by atoms with Gasteiger partial charge in [-0.05, 0) is 37.5 Å². The minimum atomic E-state index is -0.672. The summed E-state index contributed by atoms with van der Waals surface area (Å²) in [5.74, 6) is 0.128. The molecule has 0 atom stereocenters. The van der Waals surface area contributed by atoms with Gasteiger partial charge in [-0.15, -0.1) is 0 Å². The van der Waals surface area contributed by atoms with Gasteiger partial charge in [-0.3, -0.25) is 4.79 Å². The third-order valence-electron chi connectivity index (χ3n) is 4.46. The molecular weight excluding hydrogens is 252 g/mol. The van der Waals surface area contributed by atoms with Crippen molar-refractivity contribution in [1.29, 1.82) is 0 Å². The number of hydrogen-bond acceptors (Lipinski definition) is 2. The molecule has 0 spiro atoms. The van der Waals surface area contributed by atoms with Gasteiger partial charge in [-0.25, -0.2) is 4.98 Å². The molecule has 2 N–H and O–H groups in total. The summed E-state index contributed by atoms with van der Waals surface area (Å²) in [6.45, 7) is 2.04. The normalized spacial score (nSPS) is 18.2. The van der Waals surface area contributed by atoms with Gasteiger partial charge in [0.1, 0.15) is 5.82 Å². The molecule has 1 aromatic carbocycles. The molecular formula is C16H20N2O2. The van der Waals surface area contributed by atoms with E-state index in [1.807, 2.05) is 19.1 Å². The molecule has 0 radical (unpaired) electrons. The van der Waals surface area contributed by atoms with Gasteiger partial charge in [-0.1, -0.05) is 25.3 Å². The molecule has 4 heteroatoms. The Hall–Kier alpha value is -1.84. The lowest BCUT2D eigenvalue weighted by Gasteiger charge is -2.32. The van der Waals surface area contributed by atoms with Gasteiger partial charge in [-0.2, -0.15) is 0 Å². The zero-order valence-corrected chi connectivity index (χ0v) is 11.8. The van der Waals surface area contributed by atoms with Crippen molar-refractivity contribution in [2.24, 2.45) is 5.41 Å². The summed E-state index contributed by atoms with van der Waals surface area (Å²) in [4.78, 5) is 19.6. The van der Waals surface area contributed by atoms with E-state index in [0.717, 1.165) is 49.0 Å². The number of benzene rings is 1. The van der Waals surface area contributed by atoms with Crippen LogP contribution in [-0.2, 0) is 11.2 Å². The lowest BCUT2D eigenvalue weighted by atomic mass is 9.72. The van der Waals surface area contributed by atoms with Crippen LogP contribution in [0.2, 0.25) is 0 Å². The second-order valence-electron chi connectivity index (χ2n) is 6.03. The maximum Gasteiger partial charge on any atom is 0.310 e. The number of nitrogens with zero attached hydrogens (tertiary/aromatic N) is 1. The van der Waals surface area contributed by atoms with Crippen LogP contribution in [-0.4, -0.2) is 21.0 Å². The van der Waals surface area contributed by atoms with Crippen molar-refractivity contribution in [2.45, 2.75) is 45.4 Å². The number of hydrogen-bond donors (Lipinski definition) is 2. The van der Waals surface area contributed by atoms with E-state index in [4.69, 9.17) is 0 Å². The van der Waals surface area contributed by atoms with Crippen molar-refractivity contribution >= 4 is 17.0 Å². The number of aromatic amines is 1. The second kappa shape index (κ2) is 4.93. The molecule has 0 bridgehead atoms. The SMILES string of the molecule is Cc1ccc2nc(CC3(C(=O)O)CCCCC3)[nH]c2c1. The number of carboxylic acids is 1. The average Bonchev–Trinajstić information content (AvgIpc) is 2.80. The van der Waals surface area contributed by atoms with Crippen LogP contribution in [0.4, 0.5) is 0 Å². The van der Waals surface area contributed by atoms with Crippen LogP contribution in [0.1, 0.15) is 43.5 Å².